The highest BCUT2D eigenvalue weighted by Gasteiger charge is 2.09. The lowest BCUT2D eigenvalue weighted by Crippen LogP contribution is -2.24. The van der Waals surface area contributed by atoms with Gasteiger partial charge in [-0.1, -0.05) is 18.2 Å². The van der Waals surface area contributed by atoms with Gasteiger partial charge >= 0.3 is 0 Å². The highest BCUT2D eigenvalue weighted by molar-refractivity contribution is 5.98. The van der Waals surface area contributed by atoms with Gasteiger partial charge in [0.05, 0.1) is 19.4 Å². The second-order valence-corrected chi connectivity index (χ2v) is 7.73. The maximum Gasteiger partial charge on any atom is 0.251 e. The Balaban J connectivity index is 1.45. The van der Waals surface area contributed by atoms with E-state index in [-0.39, 0.29) is 30.8 Å². The molecular formula is C25H28N4O4. The molecule has 1 aromatic heterocycles. The Morgan fingerprint density at radius 2 is 1.73 bits per heavy atom. The third-order valence-electron chi connectivity index (χ3n) is 4.95. The summed E-state index contributed by atoms with van der Waals surface area (Å²) in [7, 11) is 3.49. The summed E-state index contributed by atoms with van der Waals surface area (Å²) >= 11 is 0. The molecule has 2 aromatic carbocycles. The van der Waals surface area contributed by atoms with Crippen molar-refractivity contribution in [3.63, 3.8) is 0 Å². The Hall–Kier alpha value is -4.07. The number of nitrogens with one attached hydrogen (secondary N) is 3. The molecule has 3 N–H and O–H groups in total. The van der Waals surface area contributed by atoms with Gasteiger partial charge in [-0.25, -0.2) is 0 Å². The zero-order chi connectivity index (χ0) is 23.6. The van der Waals surface area contributed by atoms with Crippen LogP contribution in [0.3, 0.4) is 0 Å². The van der Waals surface area contributed by atoms with Crippen LogP contribution in [0.15, 0.2) is 71.3 Å². The minimum atomic E-state index is -0.256. The normalized spacial score (nSPS) is 10.4. The Bertz CT molecular complexity index is 1080. The first-order valence-corrected chi connectivity index (χ1v) is 10.6. The fraction of sp³-hybridized carbons (Fsp3) is 0.240. The van der Waals surface area contributed by atoms with Gasteiger partial charge in [0.1, 0.15) is 5.76 Å². The van der Waals surface area contributed by atoms with Crippen molar-refractivity contribution in [3.8, 4) is 0 Å². The summed E-state index contributed by atoms with van der Waals surface area (Å²) in [6, 6.07) is 17.9. The summed E-state index contributed by atoms with van der Waals surface area (Å²) in [5, 5.41) is 8.64. The first kappa shape index (κ1) is 23.6. The zero-order valence-corrected chi connectivity index (χ0v) is 18.8. The van der Waals surface area contributed by atoms with Crippen LogP contribution in [0.4, 0.5) is 11.4 Å². The van der Waals surface area contributed by atoms with Gasteiger partial charge in [-0.05, 0) is 54.4 Å². The lowest BCUT2D eigenvalue weighted by molar-refractivity contribution is -0.128. The average Bonchev–Trinajstić information content (AvgIpc) is 3.34. The number of hydrogen-bond acceptors (Lipinski definition) is 5. The van der Waals surface area contributed by atoms with E-state index in [0.717, 1.165) is 11.3 Å². The van der Waals surface area contributed by atoms with Crippen molar-refractivity contribution in [2.75, 3.05) is 31.3 Å². The molecule has 3 rings (SSSR count). The smallest absolute Gasteiger partial charge is 0.251 e. The third kappa shape index (κ3) is 7.53. The van der Waals surface area contributed by atoms with E-state index in [0.29, 0.717) is 29.9 Å². The summed E-state index contributed by atoms with van der Waals surface area (Å²) in [6.45, 7) is 0.366. The standard InChI is InChI=1S/C25H28N4O4/c1-29(2)24(31)13-10-18-8-11-20(12-9-18)26-17-23(30)28-21-6-3-5-19(15-21)25(32)27-16-22-7-4-14-33-22/h3-9,11-12,14-15,26H,10,13,16-17H2,1-2H3,(H,27,32)(H,28,30). The van der Waals surface area contributed by atoms with Crippen LogP contribution in [0, 0.1) is 0 Å². The molecule has 0 saturated carbocycles. The number of carbonyl (C=O) groups is 3. The van der Waals surface area contributed by atoms with Crippen LogP contribution in [0.2, 0.25) is 0 Å². The number of anilines is 2. The van der Waals surface area contributed by atoms with Gasteiger partial charge in [-0.3, -0.25) is 14.4 Å². The summed E-state index contributed by atoms with van der Waals surface area (Å²) < 4.78 is 5.20. The number of aryl methyl sites for hydroxylation is 1. The Kier molecular flexibility index (Phi) is 8.24. The van der Waals surface area contributed by atoms with Crippen molar-refractivity contribution in [2.24, 2.45) is 0 Å². The third-order valence-corrected chi connectivity index (χ3v) is 4.95. The molecule has 0 aliphatic carbocycles. The van der Waals surface area contributed by atoms with E-state index in [1.807, 2.05) is 24.3 Å². The van der Waals surface area contributed by atoms with Crippen molar-refractivity contribution in [1.29, 1.82) is 0 Å². The topological polar surface area (TPSA) is 104 Å². The molecule has 0 atom stereocenters. The van der Waals surface area contributed by atoms with Gasteiger partial charge in [0.15, 0.2) is 0 Å². The van der Waals surface area contributed by atoms with Gasteiger partial charge in [0.25, 0.3) is 5.91 Å². The molecule has 33 heavy (non-hydrogen) atoms. The SMILES string of the molecule is CN(C)C(=O)CCc1ccc(NCC(=O)Nc2cccc(C(=O)NCc3ccco3)c2)cc1. The summed E-state index contributed by atoms with van der Waals surface area (Å²) in [5.41, 5.74) is 2.84. The molecular weight excluding hydrogens is 420 g/mol. The number of nitrogens with zero attached hydrogens (tertiary/aromatic N) is 1. The van der Waals surface area contributed by atoms with Crippen LogP contribution >= 0.6 is 0 Å². The monoisotopic (exact) mass is 448 g/mol. The molecule has 8 nitrogen and oxygen atoms in total. The summed E-state index contributed by atoms with van der Waals surface area (Å²) in [5.74, 6) is 0.263. The lowest BCUT2D eigenvalue weighted by Gasteiger charge is -2.11. The van der Waals surface area contributed by atoms with Crippen LogP contribution in [-0.4, -0.2) is 43.3 Å². The number of furan rings is 1. The molecule has 8 heteroatoms. The first-order valence-electron chi connectivity index (χ1n) is 10.6. The van der Waals surface area contributed by atoms with Crippen molar-refractivity contribution >= 4 is 29.1 Å². The molecule has 3 aromatic rings. The number of carbonyl (C=O) groups excluding carboxylic acids is 3. The molecule has 0 spiro atoms. The zero-order valence-electron chi connectivity index (χ0n) is 18.8. The first-order chi connectivity index (χ1) is 15.9. The van der Waals surface area contributed by atoms with Gasteiger partial charge in [0, 0.05) is 37.5 Å². The minimum absolute atomic E-state index is 0.0768. The van der Waals surface area contributed by atoms with E-state index in [2.05, 4.69) is 16.0 Å². The van der Waals surface area contributed by atoms with E-state index in [4.69, 9.17) is 4.42 Å². The molecule has 0 radical (unpaired) electrons. The van der Waals surface area contributed by atoms with Crippen molar-refractivity contribution in [1.82, 2.24) is 10.2 Å². The van der Waals surface area contributed by atoms with Crippen LogP contribution in [0.25, 0.3) is 0 Å². The maximum atomic E-state index is 12.3. The van der Waals surface area contributed by atoms with E-state index in [1.165, 1.54) is 0 Å². The van der Waals surface area contributed by atoms with Gasteiger partial charge in [0.2, 0.25) is 11.8 Å². The fourth-order valence-electron chi connectivity index (χ4n) is 3.07. The van der Waals surface area contributed by atoms with Crippen LogP contribution in [-0.2, 0) is 22.6 Å². The molecule has 0 fully saturated rings. The van der Waals surface area contributed by atoms with E-state index in [1.54, 1.807) is 61.7 Å². The van der Waals surface area contributed by atoms with Gasteiger partial charge < -0.3 is 25.3 Å². The van der Waals surface area contributed by atoms with Crippen molar-refractivity contribution < 1.29 is 18.8 Å². The Labute approximate surface area is 193 Å². The highest BCUT2D eigenvalue weighted by atomic mass is 16.3. The maximum absolute atomic E-state index is 12.3. The minimum Gasteiger partial charge on any atom is -0.467 e. The quantitative estimate of drug-likeness (QED) is 0.442. The largest absolute Gasteiger partial charge is 0.467 e. The predicted octanol–water partition coefficient (Wildman–Crippen LogP) is 3.28. The molecule has 0 unspecified atom stereocenters. The molecule has 0 saturated heterocycles. The lowest BCUT2D eigenvalue weighted by atomic mass is 10.1. The van der Waals surface area contributed by atoms with Crippen LogP contribution < -0.4 is 16.0 Å². The molecule has 0 aliphatic rings. The van der Waals surface area contributed by atoms with Gasteiger partial charge in [-0.15, -0.1) is 0 Å². The fourth-order valence-corrected chi connectivity index (χ4v) is 3.07. The van der Waals surface area contributed by atoms with Crippen molar-refractivity contribution in [2.45, 2.75) is 19.4 Å². The van der Waals surface area contributed by atoms with E-state index < -0.39 is 0 Å². The molecule has 172 valence electrons. The summed E-state index contributed by atoms with van der Waals surface area (Å²) in [4.78, 5) is 37.9. The van der Waals surface area contributed by atoms with Crippen LogP contribution in [0.5, 0.6) is 0 Å². The molecule has 3 amide bonds. The Morgan fingerprint density at radius 1 is 0.939 bits per heavy atom. The van der Waals surface area contributed by atoms with Crippen molar-refractivity contribution in [3.05, 3.63) is 83.8 Å². The summed E-state index contributed by atoms with van der Waals surface area (Å²) in [6.07, 6.45) is 2.68. The molecule has 1 heterocycles. The molecule has 0 bridgehead atoms. The predicted molar refractivity (Wildman–Crippen MR) is 127 cm³/mol. The number of amides is 3. The molecule has 0 aliphatic heterocycles. The van der Waals surface area contributed by atoms with Gasteiger partial charge in [-0.2, -0.15) is 0 Å². The highest BCUT2D eigenvalue weighted by Crippen LogP contribution is 2.13. The Morgan fingerprint density at radius 3 is 2.42 bits per heavy atom. The number of rotatable bonds is 10. The van der Waals surface area contributed by atoms with E-state index >= 15 is 0 Å². The number of benzene rings is 2. The second kappa shape index (κ2) is 11.5. The average molecular weight is 449 g/mol. The van der Waals surface area contributed by atoms with Crippen LogP contribution in [0.1, 0.15) is 28.1 Å². The van der Waals surface area contributed by atoms with E-state index in [9.17, 15) is 14.4 Å². The number of hydrogen-bond donors (Lipinski definition) is 3. The second-order valence-electron chi connectivity index (χ2n) is 7.73.